The Hall–Kier alpha value is 0.350. The molecule has 1 saturated carbocycles. The molecule has 0 aliphatic heterocycles. The summed E-state index contributed by atoms with van der Waals surface area (Å²) in [6.45, 7) is 2.28. The van der Waals surface area contributed by atoms with Crippen molar-refractivity contribution in [1.29, 1.82) is 0 Å². The predicted octanol–water partition coefficient (Wildman–Crippen LogP) is 4.45. The summed E-state index contributed by atoms with van der Waals surface area (Å²) in [5.41, 5.74) is 0. The molecule has 0 aromatic rings. The van der Waals surface area contributed by atoms with E-state index in [4.69, 9.17) is 0 Å². The predicted molar refractivity (Wildman–Crippen MR) is 63.5 cm³/mol. The third-order valence-electron chi connectivity index (χ3n) is 3.28. The van der Waals surface area contributed by atoms with Gasteiger partial charge in [0.2, 0.25) is 0 Å². The average molecular weight is 200 g/mol. The van der Waals surface area contributed by atoms with Gasteiger partial charge >= 0.3 is 0 Å². The normalized spacial score (nSPS) is 29.1. The van der Waals surface area contributed by atoms with Crippen molar-refractivity contribution in [2.24, 2.45) is 5.92 Å². The molecule has 0 amide bonds. The second-order valence-corrected chi connectivity index (χ2v) is 5.25. The molecule has 1 heteroatoms. The second kappa shape index (κ2) is 6.75. The zero-order valence-electron chi connectivity index (χ0n) is 8.97. The molecular weight excluding hydrogens is 176 g/mol. The minimum absolute atomic E-state index is 0.715. The highest BCUT2D eigenvalue weighted by atomic mass is 32.1. The average Bonchev–Trinajstić information content (AvgIpc) is 2.15. The molecule has 0 bridgehead atoms. The molecule has 0 radical (unpaired) electrons. The van der Waals surface area contributed by atoms with Gasteiger partial charge < -0.3 is 0 Å². The van der Waals surface area contributed by atoms with Crippen molar-refractivity contribution >= 4 is 12.6 Å². The summed E-state index contributed by atoms with van der Waals surface area (Å²) in [5.74, 6) is 1.04. The first kappa shape index (κ1) is 11.4. The van der Waals surface area contributed by atoms with Crippen molar-refractivity contribution in [3.8, 4) is 0 Å². The van der Waals surface area contributed by atoms with Gasteiger partial charge in [-0.05, 0) is 31.6 Å². The lowest BCUT2D eigenvalue weighted by Gasteiger charge is -2.25. The molecule has 13 heavy (non-hydrogen) atoms. The van der Waals surface area contributed by atoms with Crippen molar-refractivity contribution in [2.75, 3.05) is 0 Å². The third kappa shape index (κ3) is 4.95. The van der Waals surface area contributed by atoms with Crippen LogP contribution >= 0.6 is 12.6 Å². The SMILES string of the molecule is CCCCCCC1CCC(S)CC1. The van der Waals surface area contributed by atoms with Gasteiger partial charge in [-0.2, -0.15) is 12.6 Å². The maximum Gasteiger partial charge on any atom is 0.00170 e. The Morgan fingerprint density at radius 2 is 1.69 bits per heavy atom. The molecule has 0 spiro atoms. The molecule has 0 aromatic heterocycles. The van der Waals surface area contributed by atoms with Gasteiger partial charge in [-0.1, -0.05) is 39.0 Å². The molecule has 0 heterocycles. The summed E-state index contributed by atoms with van der Waals surface area (Å²) in [5, 5.41) is 0.715. The number of thiol groups is 1. The highest BCUT2D eigenvalue weighted by Gasteiger charge is 2.17. The van der Waals surface area contributed by atoms with Crippen LogP contribution in [-0.4, -0.2) is 5.25 Å². The molecular formula is C12H24S. The quantitative estimate of drug-likeness (QED) is 0.492. The minimum Gasteiger partial charge on any atom is -0.176 e. The Morgan fingerprint density at radius 3 is 2.31 bits per heavy atom. The van der Waals surface area contributed by atoms with Crippen LogP contribution in [0.1, 0.15) is 64.7 Å². The van der Waals surface area contributed by atoms with Crippen LogP contribution in [0.15, 0.2) is 0 Å². The first-order valence-corrected chi connectivity index (χ1v) is 6.52. The highest BCUT2D eigenvalue weighted by Crippen LogP contribution is 2.30. The van der Waals surface area contributed by atoms with Gasteiger partial charge in [0.05, 0.1) is 0 Å². The van der Waals surface area contributed by atoms with Crippen LogP contribution in [0, 0.1) is 5.92 Å². The van der Waals surface area contributed by atoms with Gasteiger partial charge in [0.15, 0.2) is 0 Å². The summed E-state index contributed by atoms with van der Waals surface area (Å²) in [6.07, 6.45) is 12.8. The first-order valence-electron chi connectivity index (χ1n) is 6.01. The Morgan fingerprint density at radius 1 is 1.00 bits per heavy atom. The fourth-order valence-electron chi connectivity index (χ4n) is 2.29. The van der Waals surface area contributed by atoms with Crippen molar-refractivity contribution in [3.63, 3.8) is 0 Å². The second-order valence-electron chi connectivity index (χ2n) is 4.52. The number of unbranched alkanes of at least 4 members (excludes halogenated alkanes) is 3. The Bertz CT molecular complexity index is 114. The Kier molecular flexibility index (Phi) is 5.93. The number of hydrogen-bond donors (Lipinski definition) is 1. The van der Waals surface area contributed by atoms with Crippen molar-refractivity contribution < 1.29 is 0 Å². The van der Waals surface area contributed by atoms with Crippen molar-refractivity contribution in [2.45, 2.75) is 70.0 Å². The molecule has 0 nitrogen and oxygen atoms in total. The van der Waals surface area contributed by atoms with Gasteiger partial charge in [0.1, 0.15) is 0 Å². The zero-order valence-corrected chi connectivity index (χ0v) is 9.86. The maximum absolute atomic E-state index is 4.53. The molecule has 1 rings (SSSR count). The van der Waals surface area contributed by atoms with E-state index in [1.54, 1.807) is 0 Å². The smallest absolute Gasteiger partial charge is 0.00170 e. The number of hydrogen-bond acceptors (Lipinski definition) is 1. The third-order valence-corrected chi connectivity index (χ3v) is 3.80. The van der Waals surface area contributed by atoms with Crippen LogP contribution in [0.25, 0.3) is 0 Å². The van der Waals surface area contributed by atoms with Crippen LogP contribution < -0.4 is 0 Å². The van der Waals surface area contributed by atoms with E-state index in [0.717, 1.165) is 5.92 Å². The van der Waals surface area contributed by atoms with Crippen molar-refractivity contribution in [3.05, 3.63) is 0 Å². The van der Waals surface area contributed by atoms with E-state index in [-0.39, 0.29) is 0 Å². The van der Waals surface area contributed by atoms with Gasteiger partial charge in [0.25, 0.3) is 0 Å². The van der Waals surface area contributed by atoms with Crippen LogP contribution in [0.2, 0.25) is 0 Å². The van der Waals surface area contributed by atoms with Gasteiger partial charge in [-0.3, -0.25) is 0 Å². The van der Waals surface area contributed by atoms with Crippen LogP contribution in [0.4, 0.5) is 0 Å². The standard InChI is InChI=1S/C12H24S/c1-2-3-4-5-6-11-7-9-12(13)10-8-11/h11-13H,2-10H2,1H3. The fourth-order valence-corrected chi connectivity index (χ4v) is 2.59. The molecule has 0 N–H and O–H groups in total. The topological polar surface area (TPSA) is 0 Å². The van der Waals surface area contributed by atoms with E-state index < -0.39 is 0 Å². The lowest BCUT2D eigenvalue weighted by atomic mass is 9.85. The largest absolute Gasteiger partial charge is 0.176 e. The first-order chi connectivity index (χ1) is 6.33. The van der Waals surface area contributed by atoms with Crippen LogP contribution in [-0.2, 0) is 0 Å². The van der Waals surface area contributed by atoms with Crippen LogP contribution in [0.5, 0.6) is 0 Å². The lowest BCUT2D eigenvalue weighted by molar-refractivity contribution is 0.335. The molecule has 1 aliphatic rings. The number of rotatable bonds is 5. The summed E-state index contributed by atoms with van der Waals surface area (Å²) in [7, 11) is 0. The summed E-state index contributed by atoms with van der Waals surface area (Å²) >= 11 is 4.53. The van der Waals surface area contributed by atoms with Gasteiger partial charge in [-0.15, -0.1) is 0 Å². The molecule has 0 atom stereocenters. The molecule has 78 valence electrons. The monoisotopic (exact) mass is 200 g/mol. The molecule has 1 aliphatic carbocycles. The van der Waals surface area contributed by atoms with E-state index >= 15 is 0 Å². The summed E-state index contributed by atoms with van der Waals surface area (Å²) in [6, 6.07) is 0. The zero-order chi connectivity index (χ0) is 9.52. The van der Waals surface area contributed by atoms with E-state index in [0.29, 0.717) is 5.25 Å². The minimum atomic E-state index is 0.715. The Labute approximate surface area is 88.9 Å². The van der Waals surface area contributed by atoms with Crippen LogP contribution in [0.3, 0.4) is 0 Å². The summed E-state index contributed by atoms with van der Waals surface area (Å²) in [4.78, 5) is 0. The Balaban J connectivity index is 1.96. The maximum atomic E-state index is 4.53. The molecule has 0 saturated heterocycles. The lowest BCUT2D eigenvalue weighted by Crippen LogP contribution is -2.14. The van der Waals surface area contributed by atoms with E-state index in [1.165, 1.54) is 57.8 Å². The van der Waals surface area contributed by atoms with E-state index in [9.17, 15) is 0 Å². The summed E-state index contributed by atoms with van der Waals surface area (Å²) < 4.78 is 0. The van der Waals surface area contributed by atoms with E-state index in [2.05, 4.69) is 19.6 Å². The highest BCUT2D eigenvalue weighted by molar-refractivity contribution is 7.80. The molecule has 0 aromatic carbocycles. The van der Waals surface area contributed by atoms with Crippen molar-refractivity contribution in [1.82, 2.24) is 0 Å². The van der Waals surface area contributed by atoms with Gasteiger partial charge in [0, 0.05) is 5.25 Å². The molecule has 1 fully saturated rings. The molecule has 0 unspecified atom stereocenters. The van der Waals surface area contributed by atoms with Gasteiger partial charge in [-0.25, -0.2) is 0 Å². The van der Waals surface area contributed by atoms with E-state index in [1.807, 2.05) is 0 Å². The fraction of sp³-hybridized carbons (Fsp3) is 1.00.